The summed E-state index contributed by atoms with van der Waals surface area (Å²) in [6, 6.07) is 1.94. The lowest BCUT2D eigenvalue weighted by molar-refractivity contribution is 0.389. The maximum absolute atomic E-state index is 5.77. The SMILES string of the molecule is COc1cc(C)c(-c2cnoc2N)c(OC)c1C. The molecule has 0 saturated carbocycles. The molecule has 5 nitrogen and oxygen atoms in total. The second kappa shape index (κ2) is 4.60. The highest BCUT2D eigenvalue weighted by Crippen LogP contribution is 2.42. The van der Waals surface area contributed by atoms with E-state index in [1.54, 1.807) is 20.4 Å². The first-order valence-corrected chi connectivity index (χ1v) is 5.52. The Labute approximate surface area is 105 Å². The third-order valence-corrected chi connectivity index (χ3v) is 2.97. The number of aryl methyl sites for hydroxylation is 1. The van der Waals surface area contributed by atoms with Crippen LogP contribution in [0.25, 0.3) is 11.1 Å². The van der Waals surface area contributed by atoms with Gasteiger partial charge in [0, 0.05) is 11.1 Å². The van der Waals surface area contributed by atoms with E-state index in [0.717, 1.165) is 33.8 Å². The third-order valence-electron chi connectivity index (χ3n) is 2.97. The van der Waals surface area contributed by atoms with Crippen LogP contribution >= 0.6 is 0 Å². The lowest BCUT2D eigenvalue weighted by Gasteiger charge is -2.16. The molecule has 1 aromatic heterocycles. The molecule has 0 spiro atoms. The zero-order valence-electron chi connectivity index (χ0n) is 10.9. The first kappa shape index (κ1) is 12.3. The van der Waals surface area contributed by atoms with Crippen LogP contribution in [-0.2, 0) is 0 Å². The van der Waals surface area contributed by atoms with Crippen molar-refractivity contribution in [3.05, 3.63) is 23.4 Å². The second-order valence-corrected chi connectivity index (χ2v) is 4.03. The topological polar surface area (TPSA) is 70.5 Å². The van der Waals surface area contributed by atoms with Gasteiger partial charge in [-0.2, -0.15) is 0 Å². The highest BCUT2D eigenvalue weighted by Gasteiger charge is 2.19. The van der Waals surface area contributed by atoms with Gasteiger partial charge in [0.1, 0.15) is 11.5 Å². The second-order valence-electron chi connectivity index (χ2n) is 4.03. The summed E-state index contributed by atoms with van der Waals surface area (Å²) >= 11 is 0. The fourth-order valence-electron chi connectivity index (χ4n) is 2.09. The van der Waals surface area contributed by atoms with Gasteiger partial charge < -0.3 is 19.7 Å². The summed E-state index contributed by atoms with van der Waals surface area (Å²) < 4.78 is 15.7. The van der Waals surface area contributed by atoms with E-state index < -0.39 is 0 Å². The molecule has 0 amide bonds. The number of ether oxygens (including phenoxy) is 2. The molecule has 0 atom stereocenters. The van der Waals surface area contributed by atoms with E-state index in [9.17, 15) is 0 Å². The monoisotopic (exact) mass is 248 g/mol. The van der Waals surface area contributed by atoms with E-state index in [1.807, 2.05) is 19.9 Å². The number of hydrogen-bond acceptors (Lipinski definition) is 5. The number of aromatic nitrogens is 1. The summed E-state index contributed by atoms with van der Waals surface area (Å²) in [6.45, 7) is 3.90. The molecule has 5 heteroatoms. The Hall–Kier alpha value is -2.17. The molecule has 2 rings (SSSR count). The van der Waals surface area contributed by atoms with Crippen LogP contribution in [0, 0.1) is 13.8 Å². The quantitative estimate of drug-likeness (QED) is 0.903. The van der Waals surface area contributed by atoms with Crippen molar-refractivity contribution in [3.63, 3.8) is 0 Å². The number of anilines is 1. The minimum absolute atomic E-state index is 0.279. The molecule has 0 aliphatic carbocycles. The van der Waals surface area contributed by atoms with Crippen molar-refractivity contribution in [2.24, 2.45) is 0 Å². The normalized spacial score (nSPS) is 10.4. The highest BCUT2D eigenvalue weighted by molar-refractivity contribution is 5.82. The summed E-state index contributed by atoms with van der Waals surface area (Å²) in [5.41, 5.74) is 9.29. The zero-order valence-corrected chi connectivity index (χ0v) is 10.9. The van der Waals surface area contributed by atoms with Gasteiger partial charge in [-0.1, -0.05) is 5.16 Å². The maximum atomic E-state index is 5.77. The first-order chi connectivity index (χ1) is 8.60. The van der Waals surface area contributed by atoms with Gasteiger partial charge in [-0.05, 0) is 25.5 Å². The number of benzene rings is 1. The van der Waals surface area contributed by atoms with Crippen LogP contribution in [0.15, 0.2) is 16.8 Å². The number of nitrogens with zero attached hydrogens (tertiary/aromatic N) is 1. The number of rotatable bonds is 3. The van der Waals surface area contributed by atoms with Crippen molar-refractivity contribution < 1.29 is 14.0 Å². The van der Waals surface area contributed by atoms with Crippen molar-refractivity contribution in [2.45, 2.75) is 13.8 Å². The van der Waals surface area contributed by atoms with Crippen molar-refractivity contribution in [1.29, 1.82) is 0 Å². The van der Waals surface area contributed by atoms with E-state index in [4.69, 9.17) is 19.7 Å². The highest BCUT2D eigenvalue weighted by atomic mass is 16.5. The van der Waals surface area contributed by atoms with Crippen molar-refractivity contribution in [2.75, 3.05) is 20.0 Å². The molecular formula is C13H16N2O3. The number of methoxy groups -OCH3 is 2. The Bertz CT molecular complexity index is 576. The lowest BCUT2D eigenvalue weighted by Crippen LogP contribution is -1.98. The molecule has 0 bridgehead atoms. The molecule has 18 heavy (non-hydrogen) atoms. The minimum Gasteiger partial charge on any atom is -0.496 e. The Morgan fingerprint density at radius 3 is 2.44 bits per heavy atom. The average Bonchev–Trinajstić information content (AvgIpc) is 2.77. The van der Waals surface area contributed by atoms with Gasteiger partial charge in [0.25, 0.3) is 0 Å². The van der Waals surface area contributed by atoms with Gasteiger partial charge >= 0.3 is 0 Å². The van der Waals surface area contributed by atoms with E-state index in [0.29, 0.717) is 0 Å². The Kier molecular flexibility index (Phi) is 3.14. The van der Waals surface area contributed by atoms with Crippen molar-refractivity contribution >= 4 is 5.88 Å². The van der Waals surface area contributed by atoms with Gasteiger partial charge in [0.15, 0.2) is 0 Å². The molecule has 0 saturated heterocycles. The molecule has 1 aromatic carbocycles. The summed E-state index contributed by atoms with van der Waals surface area (Å²) in [6.07, 6.45) is 1.59. The Balaban J connectivity index is 2.75. The molecule has 2 N–H and O–H groups in total. The molecule has 0 fully saturated rings. The molecule has 1 heterocycles. The van der Waals surface area contributed by atoms with Crippen LogP contribution in [0.5, 0.6) is 11.5 Å². The van der Waals surface area contributed by atoms with Crippen molar-refractivity contribution in [3.8, 4) is 22.6 Å². The predicted octanol–water partition coefficient (Wildman–Crippen LogP) is 2.56. The fourth-order valence-corrected chi connectivity index (χ4v) is 2.09. The van der Waals surface area contributed by atoms with Gasteiger partial charge in [-0.15, -0.1) is 0 Å². The van der Waals surface area contributed by atoms with Crippen LogP contribution < -0.4 is 15.2 Å². The average molecular weight is 248 g/mol. The van der Waals surface area contributed by atoms with Gasteiger partial charge in [0.05, 0.1) is 26.0 Å². The smallest absolute Gasteiger partial charge is 0.230 e. The summed E-state index contributed by atoms with van der Waals surface area (Å²) in [5.74, 6) is 1.78. The fraction of sp³-hybridized carbons (Fsp3) is 0.308. The maximum Gasteiger partial charge on any atom is 0.230 e. The Morgan fingerprint density at radius 2 is 1.94 bits per heavy atom. The van der Waals surface area contributed by atoms with Gasteiger partial charge in [-0.25, -0.2) is 0 Å². The van der Waals surface area contributed by atoms with E-state index >= 15 is 0 Å². The molecule has 0 radical (unpaired) electrons. The van der Waals surface area contributed by atoms with Crippen molar-refractivity contribution in [1.82, 2.24) is 5.16 Å². The molecule has 2 aromatic rings. The molecule has 0 aliphatic heterocycles. The third kappa shape index (κ3) is 1.77. The Morgan fingerprint density at radius 1 is 1.22 bits per heavy atom. The summed E-state index contributed by atoms with van der Waals surface area (Å²) in [5, 5.41) is 3.70. The molecule has 0 aliphatic rings. The number of nitrogen functional groups attached to an aromatic ring is 1. The van der Waals surface area contributed by atoms with Crippen LogP contribution in [0.2, 0.25) is 0 Å². The van der Waals surface area contributed by atoms with E-state index in [1.165, 1.54) is 0 Å². The van der Waals surface area contributed by atoms with Gasteiger partial charge in [0.2, 0.25) is 5.88 Å². The van der Waals surface area contributed by atoms with Gasteiger partial charge in [-0.3, -0.25) is 0 Å². The molecule has 96 valence electrons. The molecular weight excluding hydrogens is 232 g/mol. The summed E-state index contributed by atoms with van der Waals surface area (Å²) in [4.78, 5) is 0. The lowest BCUT2D eigenvalue weighted by atomic mass is 9.98. The first-order valence-electron chi connectivity index (χ1n) is 5.52. The van der Waals surface area contributed by atoms with Crippen LogP contribution in [0.3, 0.4) is 0 Å². The van der Waals surface area contributed by atoms with E-state index in [2.05, 4.69) is 5.16 Å². The standard InChI is InChI=1S/C13H16N2O3/c1-7-5-10(16-3)8(2)12(17-4)11(7)9-6-15-18-13(9)14/h5-6H,14H2,1-4H3. The number of nitrogens with two attached hydrogens (primary N) is 1. The largest absolute Gasteiger partial charge is 0.496 e. The summed E-state index contributed by atoms with van der Waals surface area (Å²) in [7, 11) is 3.25. The molecule has 0 unspecified atom stereocenters. The van der Waals surface area contributed by atoms with Crippen LogP contribution in [0.1, 0.15) is 11.1 Å². The predicted molar refractivity (Wildman–Crippen MR) is 68.9 cm³/mol. The zero-order chi connectivity index (χ0) is 13.3. The van der Waals surface area contributed by atoms with Crippen LogP contribution in [0.4, 0.5) is 5.88 Å². The van der Waals surface area contributed by atoms with E-state index in [-0.39, 0.29) is 5.88 Å². The minimum atomic E-state index is 0.279. The van der Waals surface area contributed by atoms with Crippen LogP contribution in [-0.4, -0.2) is 19.4 Å². The number of hydrogen-bond donors (Lipinski definition) is 1.